The van der Waals surface area contributed by atoms with Gasteiger partial charge in [-0.15, -0.1) is 0 Å². The third-order valence-electron chi connectivity index (χ3n) is 3.55. The van der Waals surface area contributed by atoms with Crippen LogP contribution in [0.4, 0.5) is 0 Å². The maximum atomic E-state index is 6.11. The molecule has 0 saturated carbocycles. The van der Waals surface area contributed by atoms with Gasteiger partial charge in [-0.3, -0.25) is 0 Å². The van der Waals surface area contributed by atoms with Crippen molar-refractivity contribution in [1.82, 2.24) is 10.2 Å². The molecule has 2 rings (SSSR count). The highest BCUT2D eigenvalue weighted by Gasteiger charge is 2.08. The average Bonchev–Trinajstić information content (AvgIpc) is 2.42. The van der Waals surface area contributed by atoms with Gasteiger partial charge in [0.1, 0.15) is 0 Å². The Morgan fingerprint density at radius 3 is 2.67 bits per heavy atom. The van der Waals surface area contributed by atoms with Crippen molar-refractivity contribution in [3.05, 3.63) is 34.9 Å². The molecule has 0 radical (unpaired) electrons. The van der Waals surface area contributed by atoms with Gasteiger partial charge in [0.15, 0.2) is 0 Å². The molecule has 0 atom stereocenters. The van der Waals surface area contributed by atoms with Gasteiger partial charge in [-0.2, -0.15) is 0 Å². The van der Waals surface area contributed by atoms with E-state index < -0.39 is 0 Å². The highest BCUT2D eigenvalue weighted by Crippen LogP contribution is 2.14. The van der Waals surface area contributed by atoms with Crippen LogP contribution in [-0.2, 0) is 6.54 Å². The Hall–Kier alpha value is -0.570. The first kappa shape index (κ1) is 13.9. The molecule has 0 aromatic heterocycles. The first-order valence-electron chi connectivity index (χ1n) is 7.03. The molecule has 1 aliphatic rings. The van der Waals surface area contributed by atoms with Crippen LogP contribution in [0.15, 0.2) is 24.3 Å². The van der Waals surface area contributed by atoms with E-state index in [0.717, 1.165) is 18.1 Å². The molecule has 1 aromatic carbocycles. The molecule has 1 fully saturated rings. The van der Waals surface area contributed by atoms with Gasteiger partial charge in [-0.25, -0.2) is 0 Å². The van der Waals surface area contributed by atoms with Crippen LogP contribution in [-0.4, -0.2) is 31.1 Å². The van der Waals surface area contributed by atoms with Gasteiger partial charge in [0, 0.05) is 11.6 Å². The van der Waals surface area contributed by atoms with E-state index in [1.54, 1.807) is 0 Å². The van der Waals surface area contributed by atoms with Crippen molar-refractivity contribution in [2.75, 3.05) is 26.2 Å². The summed E-state index contributed by atoms with van der Waals surface area (Å²) in [6.45, 7) is 5.77. The van der Waals surface area contributed by atoms with E-state index in [4.69, 9.17) is 11.6 Å². The van der Waals surface area contributed by atoms with Crippen molar-refractivity contribution >= 4 is 11.6 Å². The first-order valence-corrected chi connectivity index (χ1v) is 7.40. The summed E-state index contributed by atoms with van der Waals surface area (Å²) in [5.41, 5.74) is 1.19. The third kappa shape index (κ3) is 4.60. The maximum absolute atomic E-state index is 6.11. The Morgan fingerprint density at radius 1 is 1.11 bits per heavy atom. The quantitative estimate of drug-likeness (QED) is 0.795. The van der Waals surface area contributed by atoms with E-state index in [0.29, 0.717) is 0 Å². The van der Waals surface area contributed by atoms with Gasteiger partial charge in [0.25, 0.3) is 0 Å². The van der Waals surface area contributed by atoms with E-state index in [2.05, 4.69) is 16.3 Å². The topological polar surface area (TPSA) is 15.3 Å². The molecule has 1 N–H and O–H groups in total. The summed E-state index contributed by atoms with van der Waals surface area (Å²) in [6.07, 6.45) is 5.41. The zero-order valence-corrected chi connectivity index (χ0v) is 11.8. The minimum atomic E-state index is 0.862. The summed E-state index contributed by atoms with van der Waals surface area (Å²) in [5.74, 6) is 0. The Kier molecular flexibility index (Phi) is 5.98. The minimum absolute atomic E-state index is 0.862. The highest BCUT2D eigenvalue weighted by molar-refractivity contribution is 6.31. The van der Waals surface area contributed by atoms with Crippen molar-refractivity contribution in [2.24, 2.45) is 0 Å². The lowest BCUT2D eigenvalue weighted by Gasteiger charge is -2.26. The second kappa shape index (κ2) is 7.78. The summed E-state index contributed by atoms with van der Waals surface area (Å²) >= 11 is 6.11. The smallest absolute Gasteiger partial charge is 0.0450 e. The summed E-state index contributed by atoms with van der Waals surface area (Å²) in [7, 11) is 0. The molecule has 1 aromatic rings. The number of benzene rings is 1. The van der Waals surface area contributed by atoms with Crippen LogP contribution in [0, 0.1) is 0 Å². The molecule has 0 unspecified atom stereocenters. The Morgan fingerprint density at radius 2 is 1.89 bits per heavy atom. The standard InChI is InChI=1S/C15H23ClN2/c16-15-8-3-2-7-14(15)13-17-9-6-12-18-10-4-1-5-11-18/h2-3,7-8,17H,1,4-6,9-13H2. The molecule has 0 aliphatic carbocycles. The fourth-order valence-corrected chi connectivity index (χ4v) is 2.68. The molecule has 0 bridgehead atoms. The van der Waals surface area contributed by atoms with Crippen LogP contribution in [0.25, 0.3) is 0 Å². The predicted octanol–water partition coefficient (Wildman–Crippen LogP) is 3.31. The highest BCUT2D eigenvalue weighted by atomic mass is 35.5. The molecular formula is C15H23ClN2. The molecular weight excluding hydrogens is 244 g/mol. The second-order valence-corrected chi connectivity index (χ2v) is 5.43. The van der Waals surface area contributed by atoms with E-state index in [1.165, 1.54) is 50.9 Å². The van der Waals surface area contributed by atoms with E-state index in [-0.39, 0.29) is 0 Å². The van der Waals surface area contributed by atoms with Crippen LogP contribution in [0.5, 0.6) is 0 Å². The fourth-order valence-electron chi connectivity index (χ4n) is 2.48. The number of rotatable bonds is 6. The molecule has 2 nitrogen and oxygen atoms in total. The predicted molar refractivity (Wildman–Crippen MR) is 78.1 cm³/mol. The van der Waals surface area contributed by atoms with Gasteiger partial charge in [0.05, 0.1) is 0 Å². The van der Waals surface area contributed by atoms with Crippen LogP contribution in [0.2, 0.25) is 5.02 Å². The molecule has 1 aliphatic heterocycles. The molecule has 100 valence electrons. The zero-order valence-electron chi connectivity index (χ0n) is 11.0. The van der Waals surface area contributed by atoms with Crippen molar-refractivity contribution < 1.29 is 0 Å². The minimum Gasteiger partial charge on any atom is -0.313 e. The van der Waals surface area contributed by atoms with Gasteiger partial charge < -0.3 is 10.2 Å². The number of halogens is 1. The third-order valence-corrected chi connectivity index (χ3v) is 3.92. The van der Waals surface area contributed by atoms with Gasteiger partial charge in [0.2, 0.25) is 0 Å². The van der Waals surface area contributed by atoms with E-state index in [9.17, 15) is 0 Å². The molecule has 1 saturated heterocycles. The van der Waals surface area contributed by atoms with Crippen LogP contribution < -0.4 is 5.32 Å². The van der Waals surface area contributed by atoms with Crippen molar-refractivity contribution in [3.63, 3.8) is 0 Å². The fraction of sp³-hybridized carbons (Fsp3) is 0.600. The number of hydrogen-bond donors (Lipinski definition) is 1. The SMILES string of the molecule is Clc1ccccc1CNCCCN1CCCCC1. The van der Waals surface area contributed by atoms with Crippen LogP contribution >= 0.6 is 11.6 Å². The number of nitrogens with zero attached hydrogens (tertiary/aromatic N) is 1. The van der Waals surface area contributed by atoms with Crippen molar-refractivity contribution in [3.8, 4) is 0 Å². The second-order valence-electron chi connectivity index (χ2n) is 5.02. The normalized spacial score (nSPS) is 16.9. The first-order chi connectivity index (χ1) is 8.86. The largest absolute Gasteiger partial charge is 0.313 e. The average molecular weight is 267 g/mol. The molecule has 3 heteroatoms. The van der Waals surface area contributed by atoms with Crippen molar-refractivity contribution in [2.45, 2.75) is 32.2 Å². The zero-order chi connectivity index (χ0) is 12.6. The maximum Gasteiger partial charge on any atom is 0.0450 e. The van der Waals surface area contributed by atoms with Gasteiger partial charge >= 0.3 is 0 Å². The Labute approximate surface area is 115 Å². The molecule has 1 heterocycles. The summed E-state index contributed by atoms with van der Waals surface area (Å²) in [4.78, 5) is 2.58. The summed E-state index contributed by atoms with van der Waals surface area (Å²) in [5, 5.41) is 4.33. The van der Waals surface area contributed by atoms with E-state index >= 15 is 0 Å². The molecule has 0 amide bonds. The van der Waals surface area contributed by atoms with Gasteiger partial charge in [-0.05, 0) is 57.1 Å². The summed E-state index contributed by atoms with van der Waals surface area (Å²) < 4.78 is 0. The van der Waals surface area contributed by atoms with Gasteiger partial charge in [-0.1, -0.05) is 36.2 Å². The lowest BCUT2D eigenvalue weighted by atomic mass is 10.1. The number of nitrogens with one attached hydrogen (secondary N) is 1. The number of piperidine rings is 1. The lowest BCUT2D eigenvalue weighted by Crippen LogP contribution is -2.32. The van der Waals surface area contributed by atoms with E-state index in [1.807, 2.05) is 18.2 Å². The Balaban J connectivity index is 1.57. The number of likely N-dealkylation sites (tertiary alicyclic amines) is 1. The number of hydrogen-bond acceptors (Lipinski definition) is 2. The van der Waals surface area contributed by atoms with Crippen LogP contribution in [0.3, 0.4) is 0 Å². The van der Waals surface area contributed by atoms with Crippen LogP contribution in [0.1, 0.15) is 31.2 Å². The monoisotopic (exact) mass is 266 g/mol. The molecule has 0 spiro atoms. The van der Waals surface area contributed by atoms with Crippen molar-refractivity contribution in [1.29, 1.82) is 0 Å². The molecule has 18 heavy (non-hydrogen) atoms. The summed E-state index contributed by atoms with van der Waals surface area (Å²) in [6, 6.07) is 8.05. The Bertz CT molecular complexity index is 348. The lowest BCUT2D eigenvalue weighted by molar-refractivity contribution is 0.225.